The fourth-order valence-electron chi connectivity index (χ4n) is 2.11. The number of amides is 1. The van der Waals surface area contributed by atoms with E-state index >= 15 is 0 Å². The Morgan fingerprint density at radius 1 is 1.33 bits per heavy atom. The average Bonchev–Trinajstić information content (AvgIpc) is 2.94. The number of carboxylic acid groups (broad SMARTS) is 1. The van der Waals surface area contributed by atoms with E-state index in [1.54, 1.807) is 21.7 Å². The van der Waals surface area contributed by atoms with E-state index in [2.05, 4.69) is 15.4 Å². The summed E-state index contributed by atoms with van der Waals surface area (Å²) in [5.41, 5.74) is 2.03. The number of carbonyl (C=O) groups excluding carboxylic acids is 1. The summed E-state index contributed by atoms with van der Waals surface area (Å²) in [6.07, 6.45) is 1.87. The second-order valence-corrected chi connectivity index (χ2v) is 7.74. The minimum Gasteiger partial charge on any atom is -0.481 e. The van der Waals surface area contributed by atoms with Crippen LogP contribution in [-0.2, 0) is 11.3 Å². The van der Waals surface area contributed by atoms with Gasteiger partial charge in [0.1, 0.15) is 0 Å². The lowest BCUT2D eigenvalue weighted by Crippen LogP contribution is -2.26. The summed E-state index contributed by atoms with van der Waals surface area (Å²) in [6.45, 7) is 5.07. The lowest BCUT2D eigenvalue weighted by atomic mass is 10.1. The predicted octanol–water partition coefficient (Wildman–Crippen LogP) is 2.35. The van der Waals surface area contributed by atoms with E-state index in [4.69, 9.17) is 5.11 Å². The van der Waals surface area contributed by atoms with Crippen molar-refractivity contribution in [1.29, 1.82) is 0 Å². The molecular weight excluding hydrogens is 348 g/mol. The van der Waals surface area contributed by atoms with Crippen molar-refractivity contribution in [2.75, 3.05) is 18.1 Å². The highest BCUT2D eigenvalue weighted by atomic mass is 33.1. The van der Waals surface area contributed by atoms with Crippen LogP contribution in [0.25, 0.3) is 11.0 Å². The Morgan fingerprint density at radius 3 is 2.79 bits per heavy atom. The lowest BCUT2D eigenvalue weighted by Gasteiger charge is -2.08. The number of aryl methyl sites for hydroxylation is 2. The third-order valence-corrected chi connectivity index (χ3v) is 5.71. The SMILES string of the molecule is CCn1ncc2cc(C(=O)NCCSSCCC(=O)O)c(C)nc21. The summed E-state index contributed by atoms with van der Waals surface area (Å²) in [6, 6.07) is 1.82. The molecule has 0 radical (unpaired) electrons. The predicted molar refractivity (Wildman–Crippen MR) is 97.4 cm³/mol. The maximum absolute atomic E-state index is 12.3. The molecule has 7 nitrogen and oxygen atoms in total. The standard InChI is InChI=1S/C15H20N4O3S2/c1-3-19-14-11(9-17-19)8-12(10(2)18-14)15(22)16-5-7-24-23-6-4-13(20)21/h8-9H,3-7H2,1-2H3,(H,16,22)(H,20,21). The van der Waals surface area contributed by atoms with Crippen molar-refractivity contribution in [2.24, 2.45) is 0 Å². The molecule has 0 aromatic carbocycles. The Labute approximate surface area is 148 Å². The fourth-order valence-corrected chi connectivity index (χ4v) is 3.99. The highest BCUT2D eigenvalue weighted by molar-refractivity contribution is 8.76. The Hall–Kier alpha value is -1.74. The average molecular weight is 368 g/mol. The van der Waals surface area contributed by atoms with Crippen molar-refractivity contribution in [3.8, 4) is 0 Å². The van der Waals surface area contributed by atoms with Gasteiger partial charge in [-0.2, -0.15) is 5.10 Å². The van der Waals surface area contributed by atoms with Crippen molar-refractivity contribution in [2.45, 2.75) is 26.8 Å². The van der Waals surface area contributed by atoms with Gasteiger partial charge in [-0.15, -0.1) is 0 Å². The molecule has 130 valence electrons. The number of fused-ring (bicyclic) bond motifs is 1. The topological polar surface area (TPSA) is 97.1 Å². The molecule has 2 aromatic rings. The van der Waals surface area contributed by atoms with Gasteiger partial charge in [0.05, 0.1) is 23.9 Å². The molecule has 1 amide bonds. The van der Waals surface area contributed by atoms with Crippen molar-refractivity contribution in [1.82, 2.24) is 20.1 Å². The summed E-state index contributed by atoms with van der Waals surface area (Å²) in [5.74, 6) is 0.344. The molecule has 0 saturated heterocycles. The van der Waals surface area contributed by atoms with E-state index in [1.165, 1.54) is 10.8 Å². The smallest absolute Gasteiger partial charge is 0.304 e. The van der Waals surface area contributed by atoms with Crippen LogP contribution in [0, 0.1) is 6.92 Å². The van der Waals surface area contributed by atoms with Crippen molar-refractivity contribution < 1.29 is 14.7 Å². The first-order valence-electron chi connectivity index (χ1n) is 7.60. The number of hydrogen-bond donors (Lipinski definition) is 2. The van der Waals surface area contributed by atoms with Gasteiger partial charge >= 0.3 is 5.97 Å². The Morgan fingerprint density at radius 2 is 2.08 bits per heavy atom. The van der Waals surface area contributed by atoms with Gasteiger partial charge < -0.3 is 10.4 Å². The van der Waals surface area contributed by atoms with Gasteiger partial charge in [0.2, 0.25) is 0 Å². The molecule has 0 bridgehead atoms. The first-order valence-corrected chi connectivity index (χ1v) is 10.1. The lowest BCUT2D eigenvalue weighted by molar-refractivity contribution is -0.136. The van der Waals surface area contributed by atoms with Crippen LogP contribution in [0.15, 0.2) is 12.3 Å². The van der Waals surface area contributed by atoms with Gasteiger partial charge in [-0.3, -0.25) is 9.59 Å². The minimum absolute atomic E-state index is 0.151. The van der Waals surface area contributed by atoms with Crippen LogP contribution in [0.3, 0.4) is 0 Å². The van der Waals surface area contributed by atoms with Crippen LogP contribution < -0.4 is 5.32 Å². The highest BCUT2D eigenvalue weighted by Crippen LogP contribution is 2.21. The molecular formula is C15H20N4O3S2. The van der Waals surface area contributed by atoms with E-state index in [-0.39, 0.29) is 12.3 Å². The second-order valence-electron chi connectivity index (χ2n) is 5.04. The van der Waals surface area contributed by atoms with Gasteiger partial charge in [-0.1, -0.05) is 21.6 Å². The van der Waals surface area contributed by atoms with Gasteiger partial charge in [-0.25, -0.2) is 9.67 Å². The Kier molecular flexibility index (Phi) is 6.92. The number of rotatable bonds is 9. The number of hydrogen-bond acceptors (Lipinski definition) is 6. The number of carbonyl (C=O) groups is 2. The molecule has 0 aliphatic rings. The summed E-state index contributed by atoms with van der Waals surface area (Å²) in [7, 11) is 3.06. The third-order valence-electron chi connectivity index (χ3n) is 3.30. The molecule has 0 unspecified atom stereocenters. The zero-order chi connectivity index (χ0) is 17.5. The molecule has 0 fully saturated rings. The molecule has 0 saturated carbocycles. The monoisotopic (exact) mass is 368 g/mol. The summed E-state index contributed by atoms with van der Waals surface area (Å²) in [5, 5.41) is 16.5. The number of aromatic nitrogens is 3. The number of nitrogens with one attached hydrogen (secondary N) is 1. The largest absolute Gasteiger partial charge is 0.481 e. The summed E-state index contributed by atoms with van der Waals surface area (Å²) >= 11 is 0. The van der Waals surface area contributed by atoms with E-state index in [0.29, 0.717) is 23.6 Å². The summed E-state index contributed by atoms with van der Waals surface area (Å²) in [4.78, 5) is 27.2. The molecule has 9 heteroatoms. The van der Waals surface area contributed by atoms with Crippen LogP contribution in [0.5, 0.6) is 0 Å². The van der Waals surface area contributed by atoms with E-state index < -0.39 is 5.97 Å². The van der Waals surface area contributed by atoms with Crippen molar-refractivity contribution in [3.63, 3.8) is 0 Å². The summed E-state index contributed by atoms with van der Waals surface area (Å²) < 4.78 is 1.80. The number of aliphatic carboxylic acids is 1. The quantitative estimate of drug-likeness (QED) is 0.518. The second kappa shape index (κ2) is 8.93. The molecule has 2 N–H and O–H groups in total. The van der Waals surface area contributed by atoms with Gasteiger partial charge in [0, 0.05) is 30.0 Å². The molecule has 0 aliphatic carbocycles. The first-order chi connectivity index (χ1) is 11.5. The number of nitrogens with zero attached hydrogens (tertiary/aromatic N) is 3. The molecule has 2 rings (SSSR count). The van der Waals surface area contributed by atoms with Crippen LogP contribution >= 0.6 is 21.6 Å². The molecule has 24 heavy (non-hydrogen) atoms. The number of pyridine rings is 1. The van der Waals surface area contributed by atoms with Crippen molar-refractivity contribution >= 4 is 44.5 Å². The van der Waals surface area contributed by atoms with E-state index in [1.807, 2.05) is 19.9 Å². The molecule has 0 aliphatic heterocycles. The maximum atomic E-state index is 12.3. The first kappa shape index (κ1) is 18.6. The van der Waals surface area contributed by atoms with Crippen LogP contribution in [0.4, 0.5) is 0 Å². The zero-order valence-corrected chi connectivity index (χ0v) is 15.2. The maximum Gasteiger partial charge on any atom is 0.304 e. The Bertz CT molecular complexity index is 733. The van der Waals surface area contributed by atoms with E-state index in [9.17, 15) is 9.59 Å². The third kappa shape index (κ3) is 4.88. The van der Waals surface area contributed by atoms with Crippen LogP contribution in [0.1, 0.15) is 29.4 Å². The molecule has 2 heterocycles. The zero-order valence-electron chi connectivity index (χ0n) is 13.6. The molecule has 0 atom stereocenters. The molecule has 0 spiro atoms. The van der Waals surface area contributed by atoms with Crippen molar-refractivity contribution in [3.05, 3.63) is 23.5 Å². The van der Waals surface area contributed by atoms with Crippen LogP contribution in [0.2, 0.25) is 0 Å². The van der Waals surface area contributed by atoms with Gasteiger partial charge in [-0.05, 0) is 19.9 Å². The highest BCUT2D eigenvalue weighted by Gasteiger charge is 2.13. The van der Waals surface area contributed by atoms with Crippen LogP contribution in [-0.4, -0.2) is 49.8 Å². The minimum atomic E-state index is -0.791. The Balaban J connectivity index is 1.85. The molecule has 2 aromatic heterocycles. The fraction of sp³-hybridized carbons (Fsp3) is 0.467. The van der Waals surface area contributed by atoms with Gasteiger partial charge in [0.25, 0.3) is 5.91 Å². The van der Waals surface area contributed by atoms with E-state index in [0.717, 1.165) is 23.3 Å². The normalized spacial score (nSPS) is 10.9. The van der Waals surface area contributed by atoms with Gasteiger partial charge in [0.15, 0.2) is 5.65 Å². The number of carboxylic acids is 1.